The van der Waals surface area contributed by atoms with E-state index >= 15 is 0 Å². The van der Waals surface area contributed by atoms with Crippen molar-refractivity contribution in [2.75, 3.05) is 17.7 Å². The quantitative estimate of drug-likeness (QED) is 0.269. The van der Waals surface area contributed by atoms with Crippen molar-refractivity contribution in [3.63, 3.8) is 0 Å². The highest BCUT2D eigenvalue weighted by Gasteiger charge is 2.14. The zero-order chi connectivity index (χ0) is 21.6. The van der Waals surface area contributed by atoms with Crippen LogP contribution in [-0.4, -0.2) is 44.0 Å². The molecule has 2 aromatic carbocycles. The predicted octanol–water partition coefficient (Wildman–Crippen LogP) is 3.72. The van der Waals surface area contributed by atoms with Crippen LogP contribution in [0.25, 0.3) is 16.7 Å². The van der Waals surface area contributed by atoms with Crippen LogP contribution in [0, 0.1) is 0 Å². The number of nitrogens with zero attached hydrogens (tertiary/aromatic N) is 4. The molecule has 156 valence electrons. The van der Waals surface area contributed by atoms with Gasteiger partial charge in [-0.05, 0) is 37.3 Å². The Balaban J connectivity index is 1.45. The molecule has 0 bridgehead atoms. The molecule has 31 heavy (non-hydrogen) atoms. The number of aromatic nitrogens is 4. The number of ether oxygens (including phenoxy) is 1. The van der Waals surface area contributed by atoms with Crippen LogP contribution in [0.1, 0.15) is 17.3 Å². The van der Waals surface area contributed by atoms with Crippen LogP contribution < -0.4 is 5.32 Å². The third-order valence-corrected chi connectivity index (χ3v) is 5.33. The average Bonchev–Trinajstić information content (AvgIpc) is 3.23. The van der Waals surface area contributed by atoms with Gasteiger partial charge in [-0.25, -0.2) is 19.4 Å². The molecule has 0 aliphatic heterocycles. The summed E-state index contributed by atoms with van der Waals surface area (Å²) < 4.78 is 6.73. The van der Waals surface area contributed by atoms with Gasteiger partial charge in [0.2, 0.25) is 5.91 Å². The fourth-order valence-corrected chi connectivity index (χ4v) is 3.73. The number of thioether (sulfide) groups is 1. The van der Waals surface area contributed by atoms with Crippen LogP contribution in [0.5, 0.6) is 0 Å². The fourth-order valence-electron chi connectivity index (χ4n) is 2.97. The number of nitrogens with one attached hydrogen (secondary N) is 1. The zero-order valence-corrected chi connectivity index (χ0v) is 17.5. The van der Waals surface area contributed by atoms with Gasteiger partial charge in [0.1, 0.15) is 11.4 Å². The number of carbonyl (C=O) groups is 2. The van der Waals surface area contributed by atoms with Crippen LogP contribution in [0.3, 0.4) is 0 Å². The minimum atomic E-state index is -0.424. The molecule has 0 atom stereocenters. The van der Waals surface area contributed by atoms with Gasteiger partial charge in [-0.1, -0.05) is 36.0 Å². The van der Waals surface area contributed by atoms with Gasteiger partial charge in [-0.2, -0.15) is 5.10 Å². The maximum atomic E-state index is 12.4. The monoisotopic (exact) mass is 433 g/mol. The van der Waals surface area contributed by atoms with Crippen LogP contribution >= 0.6 is 11.8 Å². The second-order valence-electron chi connectivity index (χ2n) is 6.45. The first-order valence-electron chi connectivity index (χ1n) is 9.59. The van der Waals surface area contributed by atoms with Crippen molar-refractivity contribution in [1.29, 1.82) is 0 Å². The van der Waals surface area contributed by atoms with Crippen LogP contribution in [0.2, 0.25) is 0 Å². The first-order chi connectivity index (χ1) is 15.2. The number of amides is 1. The number of benzene rings is 2. The van der Waals surface area contributed by atoms with Gasteiger partial charge >= 0.3 is 5.97 Å². The summed E-state index contributed by atoms with van der Waals surface area (Å²) in [7, 11) is 0. The number of rotatable bonds is 7. The third-order valence-electron chi connectivity index (χ3n) is 4.33. The van der Waals surface area contributed by atoms with Crippen molar-refractivity contribution >= 4 is 40.4 Å². The number of esters is 1. The van der Waals surface area contributed by atoms with E-state index in [0.29, 0.717) is 28.5 Å². The van der Waals surface area contributed by atoms with E-state index in [9.17, 15) is 9.59 Å². The lowest BCUT2D eigenvalue weighted by atomic mass is 10.2. The Kier molecular flexibility index (Phi) is 6.23. The van der Waals surface area contributed by atoms with Crippen molar-refractivity contribution < 1.29 is 14.3 Å². The number of fused-ring (bicyclic) bond motifs is 1. The fraction of sp³-hybridized carbons (Fsp3) is 0.136. The molecule has 0 saturated heterocycles. The standard InChI is InChI=1S/C22H19N5O3S/c1-2-30-22(29)15-7-6-8-16(11-15)26-19(28)13-31-21-18-12-25-27(20(18)23-14-24-21)17-9-4-3-5-10-17/h3-12,14H,2,13H2,1H3,(H,26,28). The third kappa shape index (κ3) is 4.72. The summed E-state index contributed by atoms with van der Waals surface area (Å²) in [4.78, 5) is 33.0. The second-order valence-corrected chi connectivity index (χ2v) is 7.41. The molecule has 2 aromatic heterocycles. The molecule has 0 aliphatic carbocycles. The van der Waals surface area contributed by atoms with E-state index in [4.69, 9.17) is 4.74 Å². The summed E-state index contributed by atoms with van der Waals surface area (Å²) in [6.07, 6.45) is 3.16. The normalized spacial score (nSPS) is 10.7. The average molecular weight is 433 g/mol. The highest BCUT2D eigenvalue weighted by atomic mass is 32.2. The van der Waals surface area contributed by atoms with E-state index < -0.39 is 5.97 Å². The van der Waals surface area contributed by atoms with Gasteiger partial charge in [0.05, 0.1) is 35.2 Å². The van der Waals surface area contributed by atoms with Gasteiger partial charge in [-0.3, -0.25) is 4.79 Å². The van der Waals surface area contributed by atoms with E-state index in [1.165, 1.54) is 18.1 Å². The maximum absolute atomic E-state index is 12.4. The second kappa shape index (κ2) is 9.40. The maximum Gasteiger partial charge on any atom is 0.338 e. The van der Waals surface area contributed by atoms with Crippen molar-refractivity contribution in [3.05, 3.63) is 72.7 Å². The Hall–Kier alpha value is -3.72. The number of hydrogen-bond donors (Lipinski definition) is 1. The van der Waals surface area contributed by atoms with Crippen LogP contribution in [-0.2, 0) is 9.53 Å². The molecule has 9 heteroatoms. The lowest BCUT2D eigenvalue weighted by Gasteiger charge is -2.07. The Morgan fingerprint density at radius 1 is 1.10 bits per heavy atom. The summed E-state index contributed by atoms with van der Waals surface area (Å²) in [6, 6.07) is 16.3. The molecule has 0 fully saturated rings. The molecule has 1 N–H and O–H groups in total. The van der Waals surface area contributed by atoms with E-state index in [0.717, 1.165) is 11.1 Å². The largest absolute Gasteiger partial charge is 0.462 e. The first kappa shape index (κ1) is 20.5. The van der Waals surface area contributed by atoms with Crippen LogP contribution in [0.15, 0.2) is 72.1 Å². The summed E-state index contributed by atoms with van der Waals surface area (Å²) in [5, 5.41) is 8.66. The molecule has 4 rings (SSSR count). The molecule has 0 unspecified atom stereocenters. The van der Waals surface area contributed by atoms with Gasteiger partial charge in [0, 0.05) is 5.69 Å². The highest BCUT2D eigenvalue weighted by Crippen LogP contribution is 2.26. The Labute approximate surface area is 182 Å². The van der Waals surface area contributed by atoms with Crippen molar-refractivity contribution in [1.82, 2.24) is 19.7 Å². The number of carbonyl (C=O) groups excluding carboxylic acids is 2. The van der Waals surface area contributed by atoms with Crippen molar-refractivity contribution in [3.8, 4) is 5.69 Å². The zero-order valence-electron chi connectivity index (χ0n) is 16.7. The van der Waals surface area contributed by atoms with E-state index in [2.05, 4.69) is 20.4 Å². The molecule has 1 amide bonds. The summed E-state index contributed by atoms with van der Waals surface area (Å²) in [6.45, 7) is 2.04. The summed E-state index contributed by atoms with van der Waals surface area (Å²) >= 11 is 1.30. The van der Waals surface area contributed by atoms with Crippen molar-refractivity contribution in [2.24, 2.45) is 0 Å². The molecule has 0 radical (unpaired) electrons. The molecule has 8 nitrogen and oxygen atoms in total. The SMILES string of the molecule is CCOC(=O)c1cccc(NC(=O)CSc2ncnc3c2cnn3-c2ccccc2)c1. The van der Waals surface area contributed by atoms with E-state index in [-0.39, 0.29) is 11.7 Å². The minimum absolute atomic E-state index is 0.145. The van der Waals surface area contributed by atoms with Gasteiger partial charge in [0.15, 0.2) is 5.65 Å². The van der Waals surface area contributed by atoms with E-state index in [1.807, 2.05) is 30.3 Å². The number of anilines is 1. The number of para-hydroxylation sites is 1. The molecule has 4 aromatic rings. The number of hydrogen-bond acceptors (Lipinski definition) is 7. The highest BCUT2D eigenvalue weighted by molar-refractivity contribution is 8.00. The molecule has 2 heterocycles. The lowest BCUT2D eigenvalue weighted by Crippen LogP contribution is -2.15. The Morgan fingerprint density at radius 2 is 1.94 bits per heavy atom. The molecule has 0 aliphatic rings. The predicted molar refractivity (Wildman–Crippen MR) is 118 cm³/mol. The van der Waals surface area contributed by atoms with Crippen LogP contribution in [0.4, 0.5) is 5.69 Å². The minimum Gasteiger partial charge on any atom is -0.462 e. The van der Waals surface area contributed by atoms with Gasteiger partial charge < -0.3 is 10.1 Å². The molecule has 0 saturated carbocycles. The smallest absolute Gasteiger partial charge is 0.338 e. The first-order valence-corrected chi connectivity index (χ1v) is 10.6. The topological polar surface area (TPSA) is 99.0 Å². The van der Waals surface area contributed by atoms with E-state index in [1.54, 1.807) is 42.1 Å². The lowest BCUT2D eigenvalue weighted by molar-refractivity contribution is -0.113. The summed E-state index contributed by atoms with van der Waals surface area (Å²) in [5.74, 6) is -0.494. The molecular weight excluding hydrogens is 414 g/mol. The summed E-state index contributed by atoms with van der Waals surface area (Å²) in [5.41, 5.74) is 2.48. The molecular formula is C22H19N5O3S. The van der Waals surface area contributed by atoms with Crippen molar-refractivity contribution in [2.45, 2.75) is 11.9 Å². The molecule has 0 spiro atoms. The van der Waals surface area contributed by atoms with Gasteiger partial charge in [-0.15, -0.1) is 0 Å². The Bertz CT molecular complexity index is 1230. The Morgan fingerprint density at radius 3 is 2.74 bits per heavy atom. The van der Waals surface area contributed by atoms with Gasteiger partial charge in [0.25, 0.3) is 0 Å².